The SMILES string of the molecule is CCCC[C@H](CC)C(=O)Nc1ccc(-c2csc(N3CCCCC3)n2)cc1. The highest BCUT2D eigenvalue weighted by Gasteiger charge is 2.17. The van der Waals surface area contributed by atoms with Crippen LogP contribution in [0.25, 0.3) is 11.3 Å². The summed E-state index contributed by atoms with van der Waals surface area (Å²) < 4.78 is 0. The molecule has 1 N–H and O–H groups in total. The van der Waals surface area contributed by atoms with Gasteiger partial charge in [0.05, 0.1) is 5.69 Å². The van der Waals surface area contributed by atoms with E-state index in [1.54, 1.807) is 11.3 Å². The van der Waals surface area contributed by atoms with Gasteiger partial charge in [-0.3, -0.25) is 4.79 Å². The van der Waals surface area contributed by atoms with Crippen LogP contribution in [0, 0.1) is 5.92 Å². The van der Waals surface area contributed by atoms with E-state index in [1.165, 1.54) is 19.3 Å². The average molecular weight is 386 g/mol. The average Bonchev–Trinajstić information content (AvgIpc) is 3.20. The minimum Gasteiger partial charge on any atom is -0.348 e. The fraction of sp³-hybridized carbons (Fsp3) is 0.545. The molecule has 2 heterocycles. The van der Waals surface area contributed by atoms with Crippen molar-refractivity contribution in [2.75, 3.05) is 23.3 Å². The van der Waals surface area contributed by atoms with Crippen LogP contribution >= 0.6 is 11.3 Å². The van der Waals surface area contributed by atoms with Gasteiger partial charge >= 0.3 is 0 Å². The molecule has 1 saturated heterocycles. The van der Waals surface area contributed by atoms with Crippen LogP contribution in [-0.4, -0.2) is 24.0 Å². The molecule has 0 unspecified atom stereocenters. The monoisotopic (exact) mass is 385 g/mol. The van der Waals surface area contributed by atoms with Crippen molar-refractivity contribution in [3.63, 3.8) is 0 Å². The van der Waals surface area contributed by atoms with Gasteiger partial charge < -0.3 is 10.2 Å². The van der Waals surface area contributed by atoms with Crippen molar-refractivity contribution in [3.8, 4) is 11.3 Å². The van der Waals surface area contributed by atoms with E-state index in [0.29, 0.717) is 0 Å². The zero-order chi connectivity index (χ0) is 19.1. The molecule has 3 rings (SSSR count). The Balaban J connectivity index is 1.61. The molecule has 146 valence electrons. The van der Waals surface area contributed by atoms with Crippen molar-refractivity contribution >= 4 is 28.1 Å². The van der Waals surface area contributed by atoms with Crippen molar-refractivity contribution in [2.24, 2.45) is 5.92 Å². The van der Waals surface area contributed by atoms with Crippen LogP contribution in [-0.2, 0) is 4.79 Å². The summed E-state index contributed by atoms with van der Waals surface area (Å²) in [6.45, 7) is 6.49. The van der Waals surface area contributed by atoms with Gasteiger partial charge in [-0.15, -0.1) is 11.3 Å². The van der Waals surface area contributed by atoms with Crippen LogP contribution in [0.1, 0.15) is 58.8 Å². The second-order valence-corrected chi connectivity index (χ2v) is 8.21. The molecule has 2 aromatic rings. The minimum absolute atomic E-state index is 0.107. The number of rotatable bonds is 8. The second kappa shape index (κ2) is 9.88. The first-order valence-corrected chi connectivity index (χ1v) is 11.2. The number of piperidine rings is 1. The molecule has 5 heteroatoms. The quantitative estimate of drug-likeness (QED) is 0.610. The van der Waals surface area contributed by atoms with E-state index in [4.69, 9.17) is 4.98 Å². The standard InChI is InChI=1S/C22H31N3OS/c1-3-5-9-17(4-2)21(26)23-19-12-10-18(11-13-19)20-16-27-22(24-20)25-14-7-6-8-15-25/h10-13,16-17H,3-9,14-15H2,1-2H3,(H,23,26)/t17-/m0/s1. The van der Waals surface area contributed by atoms with E-state index in [0.717, 1.165) is 60.8 Å². The van der Waals surface area contributed by atoms with Gasteiger partial charge in [0.25, 0.3) is 0 Å². The van der Waals surface area contributed by atoms with E-state index in [-0.39, 0.29) is 11.8 Å². The number of thiazole rings is 1. The fourth-order valence-electron chi connectivity index (χ4n) is 3.57. The Hall–Kier alpha value is -1.88. The van der Waals surface area contributed by atoms with E-state index in [2.05, 4.69) is 41.6 Å². The maximum atomic E-state index is 12.5. The number of carbonyl (C=O) groups excluding carboxylic acids is 1. The maximum absolute atomic E-state index is 12.5. The molecule has 1 atom stereocenters. The lowest BCUT2D eigenvalue weighted by molar-refractivity contribution is -0.120. The van der Waals surface area contributed by atoms with Crippen LogP contribution in [0.2, 0.25) is 0 Å². The van der Waals surface area contributed by atoms with Gasteiger partial charge in [0.2, 0.25) is 5.91 Å². The van der Waals surface area contributed by atoms with Crippen LogP contribution < -0.4 is 10.2 Å². The highest BCUT2D eigenvalue weighted by molar-refractivity contribution is 7.14. The fourth-order valence-corrected chi connectivity index (χ4v) is 4.46. The van der Waals surface area contributed by atoms with Gasteiger partial charge in [-0.25, -0.2) is 4.98 Å². The third kappa shape index (κ3) is 5.32. The number of hydrogen-bond acceptors (Lipinski definition) is 4. The number of hydrogen-bond donors (Lipinski definition) is 1. The lowest BCUT2D eigenvalue weighted by atomic mass is 9.98. The highest BCUT2D eigenvalue weighted by atomic mass is 32.1. The molecule has 0 saturated carbocycles. The number of unbranched alkanes of at least 4 members (excludes halogenated alkanes) is 1. The van der Waals surface area contributed by atoms with Crippen molar-refractivity contribution in [3.05, 3.63) is 29.6 Å². The Morgan fingerprint density at radius 2 is 1.93 bits per heavy atom. The summed E-state index contributed by atoms with van der Waals surface area (Å²) in [6.07, 6.45) is 7.95. The normalized spacial score (nSPS) is 15.6. The van der Waals surface area contributed by atoms with Gasteiger partial charge in [-0.05, 0) is 44.2 Å². The third-order valence-electron chi connectivity index (χ3n) is 5.34. The first-order chi connectivity index (χ1) is 13.2. The lowest BCUT2D eigenvalue weighted by Gasteiger charge is -2.25. The number of amides is 1. The molecular formula is C22H31N3OS. The summed E-state index contributed by atoms with van der Waals surface area (Å²) in [5.74, 6) is 0.245. The van der Waals surface area contributed by atoms with Gasteiger partial charge in [0.1, 0.15) is 0 Å². The Kier molecular flexibility index (Phi) is 7.27. The van der Waals surface area contributed by atoms with Crippen molar-refractivity contribution in [2.45, 2.75) is 58.8 Å². The summed E-state index contributed by atoms with van der Waals surface area (Å²) in [5.41, 5.74) is 2.99. The third-order valence-corrected chi connectivity index (χ3v) is 6.24. The number of nitrogens with one attached hydrogen (secondary N) is 1. The minimum atomic E-state index is 0.107. The first kappa shape index (κ1) is 19.9. The summed E-state index contributed by atoms with van der Waals surface area (Å²) in [6, 6.07) is 8.08. The number of benzene rings is 1. The number of nitrogens with zero attached hydrogens (tertiary/aromatic N) is 2. The van der Waals surface area contributed by atoms with Gasteiger partial charge in [-0.1, -0.05) is 38.8 Å². The molecule has 0 radical (unpaired) electrons. The van der Waals surface area contributed by atoms with Crippen molar-refractivity contribution in [1.29, 1.82) is 0 Å². The van der Waals surface area contributed by atoms with Crippen molar-refractivity contribution < 1.29 is 4.79 Å². The van der Waals surface area contributed by atoms with E-state index >= 15 is 0 Å². The Bertz CT molecular complexity index is 719. The topological polar surface area (TPSA) is 45.2 Å². The van der Waals surface area contributed by atoms with Crippen LogP contribution in [0.15, 0.2) is 29.6 Å². The number of aromatic nitrogens is 1. The Labute approximate surface area is 167 Å². The summed E-state index contributed by atoms with van der Waals surface area (Å²) in [7, 11) is 0. The Morgan fingerprint density at radius 3 is 2.59 bits per heavy atom. The lowest BCUT2D eigenvalue weighted by Crippen LogP contribution is -2.29. The highest BCUT2D eigenvalue weighted by Crippen LogP contribution is 2.30. The molecule has 1 aromatic carbocycles. The van der Waals surface area contributed by atoms with Crippen molar-refractivity contribution in [1.82, 2.24) is 4.98 Å². The molecule has 1 amide bonds. The van der Waals surface area contributed by atoms with Gasteiger partial charge in [-0.2, -0.15) is 0 Å². The predicted molar refractivity (Wildman–Crippen MR) is 116 cm³/mol. The molecule has 1 aliphatic heterocycles. The van der Waals surface area contributed by atoms with Crippen LogP contribution in [0.5, 0.6) is 0 Å². The molecular weight excluding hydrogens is 354 g/mol. The molecule has 0 bridgehead atoms. The molecule has 1 aromatic heterocycles. The largest absolute Gasteiger partial charge is 0.348 e. The van der Waals surface area contributed by atoms with Crippen LogP contribution in [0.3, 0.4) is 0 Å². The first-order valence-electron chi connectivity index (χ1n) is 10.3. The molecule has 4 nitrogen and oxygen atoms in total. The smallest absolute Gasteiger partial charge is 0.227 e. The summed E-state index contributed by atoms with van der Waals surface area (Å²) in [5, 5.41) is 6.34. The molecule has 1 aliphatic rings. The van der Waals surface area contributed by atoms with Gasteiger partial charge in [0.15, 0.2) is 5.13 Å². The summed E-state index contributed by atoms with van der Waals surface area (Å²) in [4.78, 5) is 19.7. The molecule has 0 spiro atoms. The molecule has 27 heavy (non-hydrogen) atoms. The molecule has 1 fully saturated rings. The molecule has 0 aliphatic carbocycles. The van der Waals surface area contributed by atoms with E-state index in [1.807, 2.05) is 12.1 Å². The summed E-state index contributed by atoms with van der Waals surface area (Å²) >= 11 is 1.73. The predicted octanol–water partition coefficient (Wildman–Crippen LogP) is 5.96. The number of anilines is 2. The second-order valence-electron chi connectivity index (χ2n) is 7.38. The van der Waals surface area contributed by atoms with E-state index in [9.17, 15) is 4.79 Å². The Morgan fingerprint density at radius 1 is 1.19 bits per heavy atom. The number of carbonyl (C=O) groups is 1. The van der Waals surface area contributed by atoms with E-state index < -0.39 is 0 Å². The van der Waals surface area contributed by atoms with Gasteiger partial charge in [0, 0.05) is 35.6 Å². The van der Waals surface area contributed by atoms with Crippen LogP contribution in [0.4, 0.5) is 10.8 Å². The zero-order valence-electron chi connectivity index (χ0n) is 16.5. The maximum Gasteiger partial charge on any atom is 0.227 e. The zero-order valence-corrected chi connectivity index (χ0v) is 17.4.